The molecule has 1 amide bonds. The third-order valence-electron chi connectivity index (χ3n) is 3.34. The molecule has 0 aromatic heterocycles. The molecule has 1 rings (SSSR count). The van der Waals surface area contributed by atoms with Crippen LogP contribution in [-0.2, 0) is 16.0 Å². The number of hydrogen-bond donors (Lipinski definition) is 2. The number of carbonyl (C=O) groups excluding carboxylic acids is 2. The Morgan fingerprint density at radius 3 is 2.32 bits per heavy atom. The van der Waals surface area contributed by atoms with E-state index in [1.54, 1.807) is 12.1 Å². The second kappa shape index (κ2) is 9.71. The van der Waals surface area contributed by atoms with Gasteiger partial charge in [-0.05, 0) is 18.4 Å². The zero-order valence-corrected chi connectivity index (χ0v) is 12.9. The van der Waals surface area contributed by atoms with Gasteiger partial charge in [-0.2, -0.15) is 0 Å². The Morgan fingerprint density at radius 1 is 1.05 bits per heavy atom. The molecule has 22 heavy (non-hydrogen) atoms. The van der Waals surface area contributed by atoms with E-state index in [2.05, 4.69) is 12.2 Å². The van der Waals surface area contributed by atoms with Crippen molar-refractivity contribution in [3.8, 4) is 0 Å². The molecule has 0 fully saturated rings. The average molecular weight is 305 g/mol. The van der Waals surface area contributed by atoms with E-state index in [1.807, 2.05) is 12.1 Å². The van der Waals surface area contributed by atoms with Gasteiger partial charge in [-0.25, -0.2) is 0 Å². The minimum atomic E-state index is -0.959. The standard InChI is InChI=1S/C17H23NO4/c1-2-3-4-13-5-7-14(8-6-13)15(19)9-10-16(20)18-12-11-17(21)22/h5-8H,2-4,9-12H2,1H3,(H,18,20)(H,21,22). The van der Waals surface area contributed by atoms with Crippen molar-refractivity contribution in [1.29, 1.82) is 0 Å². The third-order valence-corrected chi connectivity index (χ3v) is 3.34. The fourth-order valence-corrected chi connectivity index (χ4v) is 2.01. The van der Waals surface area contributed by atoms with E-state index in [4.69, 9.17) is 5.11 Å². The highest BCUT2D eigenvalue weighted by Gasteiger charge is 2.09. The number of rotatable bonds is 10. The van der Waals surface area contributed by atoms with E-state index < -0.39 is 5.97 Å². The van der Waals surface area contributed by atoms with Crippen molar-refractivity contribution in [3.63, 3.8) is 0 Å². The third kappa shape index (κ3) is 7.02. The van der Waals surface area contributed by atoms with Gasteiger partial charge in [0, 0.05) is 24.9 Å². The first kappa shape index (κ1) is 17.9. The molecule has 5 heteroatoms. The summed E-state index contributed by atoms with van der Waals surface area (Å²) < 4.78 is 0. The summed E-state index contributed by atoms with van der Waals surface area (Å²) in [6.45, 7) is 2.23. The second-order valence-electron chi connectivity index (χ2n) is 5.22. The molecule has 0 heterocycles. The zero-order valence-electron chi connectivity index (χ0n) is 12.9. The smallest absolute Gasteiger partial charge is 0.305 e. The minimum absolute atomic E-state index is 0.0737. The molecule has 0 aliphatic heterocycles. The molecule has 0 radical (unpaired) electrons. The summed E-state index contributed by atoms with van der Waals surface area (Å²) in [7, 11) is 0. The van der Waals surface area contributed by atoms with Gasteiger partial charge >= 0.3 is 5.97 Å². The number of carbonyl (C=O) groups is 3. The van der Waals surface area contributed by atoms with Gasteiger partial charge in [0.1, 0.15) is 0 Å². The molecule has 1 aromatic carbocycles. The Hall–Kier alpha value is -2.17. The van der Waals surface area contributed by atoms with Crippen LogP contribution in [0.5, 0.6) is 0 Å². The molecule has 120 valence electrons. The fourth-order valence-electron chi connectivity index (χ4n) is 2.01. The van der Waals surface area contributed by atoms with Crippen LogP contribution in [-0.4, -0.2) is 29.3 Å². The number of nitrogens with one attached hydrogen (secondary N) is 1. The Morgan fingerprint density at radius 2 is 1.73 bits per heavy atom. The van der Waals surface area contributed by atoms with Crippen LogP contribution < -0.4 is 5.32 Å². The number of ketones is 1. The van der Waals surface area contributed by atoms with Crippen molar-refractivity contribution in [2.75, 3.05) is 6.54 Å². The quantitative estimate of drug-likeness (QED) is 0.651. The number of benzene rings is 1. The molecule has 0 bridgehead atoms. The second-order valence-corrected chi connectivity index (χ2v) is 5.22. The minimum Gasteiger partial charge on any atom is -0.481 e. The maximum Gasteiger partial charge on any atom is 0.305 e. The molecule has 0 saturated carbocycles. The van der Waals surface area contributed by atoms with Crippen LogP contribution in [0.4, 0.5) is 0 Å². The lowest BCUT2D eigenvalue weighted by Crippen LogP contribution is -2.26. The van der Waals surface area contributed by atoms with Crippen LogP contribution in [0.3, 0.4) is 0 Å². The molecular formula is C17H23NO4. The van der Waals surface area contributed by atoms with E-state index in [1.165, 1.54) is 5.56 Å². The molecule has 2 N–H and O–H groups in total. The highest BCUT2D eigenvalue weighted by molar-refractivity contribution is 5.98. The number of carboxylic acids is 1. The van der Waals surface area contributed by atoms with Crippen molar-refractivity contribution in [3.05, 3.63) is 35.4 Å². The van der Waals surface area contributed by atoms with Crippen molar-refractivity contribution < 1.29 is 19.5 Å². The van der Waals surface area contributed by atoms with Crippen LogP contribution in [0, 0.1) is 0 Å². The molecule has 0 aliphatic carbocycles. The van der Waals surface area contributed by atoms with Gasteiger partial charge in [0.2, 0.25) is 5.91 Å². The van der Waals surface area contributed by atoms with Gasteiger partial charge in [0.05, 0.1) is 6.42 Å². The Bertz CT molecular complexity index is 508. The summed E-state index contributed by atoms with van der Waals surface area (Å²) in [5.41, 5.74) is 1.82. The predicted octanol–water partition coefficient (Wildman–Crippen LogP) is 2.58. The summed E-state index contributed by atoms with van der Waals surface area (Å²) in [5, 5.41) is 10.9. The summed E-state index contributed by atoms with van der Waals surface area (Å²) >= 11 is 0. The van der Waals surface area contributed by atoms with Gasteiger partial charge in [0.25, 0.3) is 0 Å². The Kier molecular flexibility index (Phi) is 7.89. The summed E-state index contributed by atoms with van der Waals surface area (Å²) in [6.07, 6.45) is 3.38. The molecule has 0 atom stereocenters. The maximum absolute atomic E-state index is 12.0. The van der Waals surface area contributed by atoms with Crippen molar-refractivity contribution >= 4 is 17.7 Å². The van der Waals surface area contributed by atoms with Gasteiger partial charge in [-0.1, -0.05) is 37.6 Å². The van der Waals surface area contributed by atoms with Gasteiger partial charge < -0.3 is 10.4 Å². The summed E-state index contributed by atoms with van der Waals surface area (Å²) in [6, 6.07) is 7.51. The number of hydrogen-bond acceptors (Lipinski definition) is 3. The highest BCUT2D eigenvalue weighted by Crippen LogP contribution is 2.10. The van der Waals surface area contributed by atoms with Gasteiger partial charge in [-0.3, -0.25) is 14.4 Å². The van der Waals surface area contributed by atoms with Crippen LogP contribution in [0.25, 0.3) is 0 Å². The number of aliphatic carboxylic acids is 1. The number of carboxylic acid groups (broad SMARTS) is 1. The van der Waals surface area contributed by atoms with Crippen molar-refractivity contribution in [1.82, 2.24) is 5.32 Å². The van der Waals surface area contributed by atoms with E-state index in [9.17, 15) is 14.4 Å². The van der Waals surface area contributed by atoms with E-state index in [-0.39, 0.29) is 37.5 Å². The van der Waals surface area contributed by atoms with Crippen LogP contribution >= 0.6 is 0 Å². The normalized spacial score (nSPS) is 10.2. The number of Topliss-reactive ketones (excluding diaryl/α,β-unsaturated/α-hetero) is 1. The lowest BCUT2D eigenvalue weighted by molar-refractivity contribution is -0.136. The molecule has 1 aromatic rings. The topological polar surface area (TPSA) is 83.5 Å². The predicted molar refractivity (Wildman–Crippen MR) is 83.9 cm³/mol. The van der Waals surface area contributed by atoms with Gasteiger partial charge in [0.15, 0.2) is 5.78 Å². The molecule has 5 nitrogen and oxygen atoms in total. The highest BCUT2D eigenvalue weighted by atomic mass is 16.4. The largest absolute Gasteiger partial charge is 0.481 e. The molecule has 0 aliphatic rings. The molecule has 0 saturated heterocycles. The lowest BCUT2D eigenvalue weighted by Gasteiger charge is -2.05. The lowest BCUT2D eigenvalue weighted by atomic mass is 10.0. The Labute approximate surface area is 130 Å². The van der Waals surface area contributed by atoms with Crippen LogP contribution in [0.1, 0.15) is 54.9 Å². The van der Waals surface area contributed by atoms with E-state index in [0.29, 0.717) is 5.56 Å². The number of aryl methyl sites for hydroxylation is 1. The fraction of sp³-hybridized carbons (Fsp3) is 0.471. The number of amides is 1. The van der Waals surface area contributed by atoms with Crippen LogP contribution in [0.2, 0.25) is 0 Å². The van der Waals surface area contributed by atoms with Crippen molar-refractivity contribution in [2.24, 2.45) is 0 Å². The molecule has 0 spiro atoms. The van der Waals surface area contributed by atoms with E-state index in [0.717, 1.165) is 19.3 Å². The van der Waals surface area contributed by atoms with Crippen molar-refractivity contribution in [2.45, 2.75) is 45.4 Å². The average Bonchev–Trinajstić information content (AvgIpc) is 2.50. The first-order valence-electron chi connectivity index (χ1n) is 7.63. The monoisotopic (exact) mass is 305 g/mol. The molecular weight excluding hydrogens is 282 g/mol. The van der Waals surface area contributed by atoms with Gasteiger partial charge in [-0.15, -0.1) is 0 Å². The van der Waals surface area contributed by atoms with Crippen LogP contribution in [0.15, 0.2) is 24.3 Å². The summed E-state index contributed by atoms with van der Waals surface area (Å²) in [4.78, 5) is 33.8. The summed E-state index contributed by atoms with van der Waals surface area (Å²) in [5.74, 6) is -1.33. The first-order chi connectivity index (χ1) is 10.5. The Balaban J connectivity index is 2.35. The maximum atomic E-state index is 12.0. The van der Waals surface area contributed by atoms with E-state index >= 15 is 0 Å². The molecule has 0 unspecified atom stereocenters. The number of unbranched alkanes of at least 4 members (excludes halogenated alkanes) is 1. The SMILES string of the molecule is CCCCc1ccc(C(=O)CCC(=O)NCCC(=O)O)cc1. The first-order valence-corrected chi connectivity index (χ1v) is 7.63. The zero-order chi connectivity index (χ0) is 16.4.